The number of ether oxygens (including phenoxy) is 1. The molecule has 33 heavy (non-hydrogen) atoms. The van der Waals surface area contributed by atoms with Crippen LogP contribution >= 0.6 is 0 Å². The Morgan fingerprint density at radius 1 is 1.03 bits per heavy atom. The van der Waals surface area contributed by atoms with Gasteiger partial charge in [-0.3, -0.25) is 4.79 Å². The van der Waals surface area contributed by atoms with Crippen molar-refractivity contribution in [2.45, 2.75) is 38.5 Å². The third-order valence-electron chi connectivity index (χ3n) is 6.71. The Morgan fingerprint density at radius 3 is 2.45 bits per heavy atom. The van der Waals surface area contributed by atoms with Crippen molar-refractivity contribution in [2.24, 2.45) is 5.41 Å². The van der Waals surface area contributed by atoms with Crippen LogP contribution in [-0.4, -0.2) is 43.3 Å². The van der Waals surface area contributed by atoms with E-state index in [4.69, 9.17) is 9.84 Å². The van der Waals surface area contributed by atoms with E-state index in [1.54, 1.807) is 0 Å². The molecule has 1 saturated heterocycles. The number of benzene rings is 2. The van der Waals surface area contributed by atoms with Crippen LogP contribution in [0.25, 0.3) is 6.08 Å². The molecule has 2 aromatic carbocycles. The number of rotatable bonds is 7. The van der Waals surface area contributed by atoms with Crippen LogP contribution in [0.15, 0.2) is 54.6 Å². The first kappa shape index (κ1) is 23.1. The molecular formula is C27H32N2O4. The van der Waals surface area contributed by atoms with Crippen LogP contribution < -0.4 is 10.2 Å². The number of amides is 1. The highest BCUT2D eigenvalue weighted by atomic mass is 16.5. The zero-order chi connectivity index (χ0) is 23.1. The van der Waals surface area contributed by atoms with Crippen molar-refractivity contribution in [1.82, 2.24) is 0 Å². The molecule has 1 aliphatic heterocycles. The fourth-order valence-corrected chi connectivity index (χ4v) is 4.90. The van der Waals surface area contributed by atoms with E-state index in [1.807, 2.05) is 24.3 Å². The summed E-state index contributed by atoms with van der Waals surface area (Å²) in [6, 6.07) is 15.9. The number of morpholine rings is 1. The van der Waals surface area contributed by atoms with E-state index in [2.05, 4.69) is 34.5 Å². The summed E-state index contributed by atoms with van der Waals surface area (Å²) in [5.74, 6) is -0.941. The Hall–Kier alpha value is -3.12. The molecule has 0 atom stereocenters. The summed E-state index contributed by atoms with van der Waals surface area (Å²) >= 11 is 0. The molecule has 6 nitrogen and oxygen atoms in total. The third-order valence-corrected chi connectivity index (χ3v) is 6.71. The van der Waals surface area contributed by atoms with Crippen LogP contribution in [0.3, 0.4) is 0 Å². The molecule has 2 fully saturated rings. The van der Waals surface area contributed by atoms with Crippen molar-refractivity contribution in [3.8, 4) is 0 Å². The molecule has 6 heteroatoms. The van der Waals surface area contributed by atoms with Crippen molar-refractivity contribution < 1.29 is 19.4 Å². The Kier molecular flexibility index (Phi) is 7.45. The number of aliphatic carboxylic acids is 1. The molecule has 4 rings (SSSR count). The summed E-state index contributed by atoms with van der Waals surface area (Å²) in [6.45, 7) is 3.34. The van der Waals surface area contributed by atoms with Gasteiger partial charge in [0.1, 0.15) is 0 Å². The van der Waals surface area contributed by atoms with Crippen molar-refractivity contribution in [2.75, 3.05) is 36.5 Å². The van der Waals surface area contributed by atoms with Crippen LogP contribution in [0, 0.1) is 5.41 Å². The summed E-state index contributed by atoms with van der Waals surface area (Å²) < 4.78 is 5.45. The fraction of sp³-hybridized carbons (Fsp3) is 0.407. The van der Waals surface area contributed by atoms with Crippen molar-refractivity contribution in [3.63, 3.8) is 0 Å². The third kappa shape index (κ3) is 6.02. The Balaban J connectivity index is 1.48. The molecule has 0 radical (unpaired) electrons. The summed E-state index contributed by atoms with van der Waals surface area (Å²) in [5.41, 5.74) is 3.40. The number of anilines is 2. The van der Waals surface area contributed by atoms with E-state index in [9.17, 15) is 9.59 Å². The van der Waals surface area contributed by atoms with Gasteiger partial charge in [0.15, 0.2) is 0 Å². The van der Waals surface area contributed by atoms with E-state index >= 15 is 0 Å². The maximum Gasteiger partial charge on any atom is 0.328 e. The van der Waals surface area contributed by atoms with E-state index < -0.39 is 11.4 Å². The maximum atomic E-state index is 13.5. The number of carbonyl (C=O) groups excluding carboxylic acids is 1. The summed E-state index contributed by atoms with van der Waals surface area (Å²) in [5, 5.41) is 12.0. The smallest absolute Gasteiger partial charge is 0.328 e. The SMILES string of the molecule is O=C(O)/C=C/c1cccc(NC(=O)C2(Cc3ccc(N4CCOCC4)cc3)CCCCC2)c1. The van der Waals surface area contributed by atoms with Crippen LogP contribution in [-0.2, 0) is 20.7 Å². The van der Waals surface area contributed by atoms with Gasteiger partial charge in [-0.1, -0.05) is 43.5 Å². The normalized spacial score (nSPS) is 18.2. The molecule has 1 heterocycles. The summed E-state index contributed by atoms with van der Waals surface area (Å²) in [6.07, 6.45) is 8.39. The second kappa shape index (κ2) is 10.7. The van der Waals surface area contributed by atoms with Gasteiger partial charge >= 0.3 is 5.97 Å². The highest BCUT2D eigenvalue weighted by Crippen LogP contribution is 2.40. The van der Waals surface area contributed by atoms with Gasteiger partial charge in [0, 0.05) is 30.5 Å². The molecule has 0 unspecified atom stereocenters. The summed E-state index contributed by atoms with van der Waals surface area (Å²) in [7, 11) is 0. The monoisotopic (exact) mass is 448 g/mol. The van der Waals surface area contributed by atoms with Crippen molar-refractivity contribution >= 4 is 29.3 Å². The van der Waals surface area contributed by atoms with E-state index in [-0.39, 0.29) is 5.91 Å². The van der Waals surface area contributed by atoms with E-state index in [1.165, 1.54) is 23.7 Å². The van der Waals surface area contributed by atoms with Crippen molar-refractivity contribution in [1.29, 1.82) is 0 Å². The molecule has 2 N–H and O–H groups in total. The van der Waals surface area contributed by atoms with Gasteiger partial charge < -0.3 is 20.1 Å². The van der Waals surface area contributed by atoms with Crippen LogP contribution in [0.5, 0.6) is 0 Å². The number of nitrogens with zero attached hydrogens (tertiary/aromatic N) is 1. The van der Waals surface area contributed by atoms with E-state index in [0.29, 0.717) is 5.69 Å². The minimum Gasteiger partial charge on any atom is -0.478 e. The molecule has 2 aliphatic rings. The lowest BCUT2D eigenvalue weighted by molar-refractivity contribution is -0.131. The number of hydrogen-bond acceptors (Lipinski definition) is 4. The number of carboxylic acid groups (broad SMARTS) is 1. The highest BCUT2D eigenvalue weighted by Gasteiger charge is 2.39. The molecule has 1 amide bonds. The molecule has 2 aromatic rings. The molecule has 1 aliphatic carbocycles. The van der Waals surface area contributed by atoms with Gasteiger partial charge in [0.05, 0.1) is 18.6 Å². The molecule has 0 aromatic heterocycles. The standard InChI is InChI=1S/C27H32N2O4/c30-25(31)12-9-21-5-4-6-23(19-21)28-26(32)27(13-2-1-3-14-27)20-22-7-10-24(11-8-22)29-15-17-33-18-16-29/h4-12,19H,1-3,13-18,20H2,(H,28,32)(H,30,31)/b12-9+. The topological polar surface area (TPSA) is 78.9 Å². The summed E-state index contributed by atoms with van der Waals surface area (Å²) in [4.78, 5) is 26.7. The van der Waals surface area contributed by atoms with Crippen LogP contribution in [0.2, 0.25) is 0 Å². The predicted molar refractivity (Wildman–Crippen MR) is 130 cm³/mol. The number of carbonyl (C=O) groups is 2. The Morgan fingerprint density at radius 2 is 1.76 bits per heavy atom. The highest BCUT2D eigenvalue weighted by molar-refractivity contribution is 5.96. The number of hydrogen-bond donors (Lipinski definition) is 2. The predicted octanol–water partition coefficient (Wildman–Crippen LogP) is 4.75. The van der Waals surface area contributed by atoms with Crippen LogP contribution in [0.1, 0.15) is 43.2 Å². The molecule has 174 valence electrons. The lowest BCUT2D eigenvalue weighted by Crippen LogP contribution is -2.40. The quantitative estimate of drug-likeness (QED) is 0.598. The van der Waals surface area contributed by atoms with Gasteiger partial charge in [-0.2, -0.15) is 0 Å². The van der Waals surface area contributed by atoms with Gasteiger partial charge in [-0.15, -0.1) is 0 Å². The van der Waals surface area contributed by atoms with Crippen molar-refractivity contribution in [3.05, 3.63) is 65.7 Å². The van der Waals surface area contributed by atoms with E-state index in [0.717, 1.165) is 70.0 Å². The fourth-order valence-electron chi connectivity index (χ4n) is 4.90. The first-order valence-corrected chi connectivity index (χ1v) is 11.8. The second-order valence-electron chi connectivity index (χ2n) is 9.03. The number of carboxylic acids is 1. The molecule has 0 bridgehead atoms. The minimum atomic E-state index is -0.995. The first-order chi connectivity index (χ1) is 16.0. The largest absolute Gasteiger partial charge is 0.478 e. The lowest BCUT2D eigenvalue weighted by atomic mass is 9.69. The van der Waals surface area contributed by atoms with Gasteiger partial charge in [-0.05, 0) is 60.7 Å². The molecule has 1 saturated carbocycles. The van der Waals surface area contributed by atoms with Gasteiger partial charge in [0.25, 0.3) is 0 Å². The minimum absolute atomic E-state index is 0.0545. The van der Waals surface area contributed by atoms with Gasteiger partial charge in [0.2, 0.25) is 5.91 Å². The Bertz CT molecular complexity index is 987. The number of nitrogens with one attached hydrogen (secondary N) is 1. The zero-order valence-electron chi connectivity index (χ0n) is 19.0. The van der Waals surface area contributed by atoms with Gasteiger partial charge in [-0.25, -0.2) is 4.79 Å². The average molecular weight is 449 g/mol. The lowest BCUT2D eigenvalue weighted by Gasteiger charge is -2.36. The maximum absolute atomic E-state index is 13.5. The molecular weight excluding hydrogens is 416 g/mol. The molecule has 0 spiro atoms. The second-order valence-corrected chi connectivity index (χ2v) is 9.03. The van der Waals surface area contributed by atoms with Crippen LogP contribution in [0.4, 0.5) is 11.4 Å². The first-order valence-electron chi connectivity index (χ1n) is 11.8. The average Bonchev–Trinajstić information content (AvgIpc) is 2.84. The Labute approximate surface area is 195 Å². The zero-order valence-corrected chi connectivity index (χ0v) is 19.0.